The summed E-state index contributed by atoms with van der Waals surface area (Å²) < 4.78 is 16.3. The topological polar surface area (TPSA) is 63.2 Å². The van der Waals surface area contributed by atoms with Gasteiger partial charge in [0.1, 0.15) is 12.2 Å². The number of methoxy groups -OCH3 is 1. The normalized spacial score (nSPS) is 45.7. The van der Waals surface area contributed by atoms with E-state index in [1.165, 1.54) is 7.11 Å². The Hall–Kier alpha value is -0.950. The molecule has 0 aromatic heterocycles. The van der Waals surface area contributed by atoms with E-state index in [4.69, 9.17) is 24.0 Å². The summed E-state index contributed by atoms with van der Waals surface area (Å²) in [6, 6.07) is 0. The molecule has 0 aromatic carbocycles. The lowest BCUT2D eigenvalue weighted by molar-refractivity contribution is -0.401. The number of carbonyl (C=O) groups is 1. The van der Waals surface area contributed by atoms with Gasteiger partial charge in [-0.25, -0.2) is 14.6 Å². The number of hydrogen-bond donors (Lipinski definition) is 0. The summed E-state index contributed by atoms with van der Waals surface area (Å²) >= 11 is 0. The molecule has 0 aromatic rings. The first-order valence-electron chi connectivity index (χ1n) is 5.46. The maximum Gasteiger partial charge on any atom is 0.344 e. The van der Waals surface area contributed by atoms with Gasteiger partial charge in [-0.2, -0.15) is 0 Å². The van der Waals surface area contributed by atoms with Gasteiger partial charge in [0.05, 0.1) is 7.11 Å². The van der Waals surface area contributed by atoms with Crippen molar-refractivity contribution >= 4 is 5.97 Å². The molecule has 0 radical (unpaired) electrons. The minimum Gasteiger partial charge on any atom is -0.467 e. The van der Waals surface area contributed by atoms with Crippen LogP contribution in [0.3, 0.4) is 0 Å². The predicted octanol–water partition coefficient (Wildman–Crippen LogP) is 0.318. The van der Waals surface area contributed by atoms with E-state index in [-0.39, 0.29) is 0 Å². The van der Waals surface area contributed by atoms with Crippen molar-refractivity contribution < 1.29 is 28.8 Å². The molecule has 4 atom stereocenters. The summed E-state index contributed by atoms with van der Waals surface area (Å²) in [7, 11) is 1.32. The number of ether oxygens (including phenoxy) is 3. The summed E-state index contributed by atoms with van der Waals surface area (Å²) in [5, 5.41) is 0. The molecule has 0 spiro atoms. The molecule has 1 aliphatic carbocycles. The highest BCUT2D eigenvalue weighted by Gasteiger charge is 2.70. The summed E-state index contributed by atoms with van der Waals surface area (Å²) in [5.41, 5.74) is -1.27. The first kappa shape index (κ1) is 11.2. The van der Waals surface area contributed by atoms with Gasteiger partial charge in [0, 0.05) is 0 Å². The fraction of sp³-hybridized carbons (Fsp3) is 0.727. The Morgan fingerprint density at radius 3 is 2.65 bits per heavy atom. The zero-order valence-electron chi connectivity index (χ0n) is 9.84. The predicted molar refractivity (Wildman–Crippen MR) is 53.7 cm³/mol. The molecule has 0 N–H and O–H groups in total. The van der Waals surface area contributed by atoms with Crippen LogP contribution < -0.4 is 0 Å². The Balaban J connectivity index is 2.07. The fourth-order valence-corrected chi connectivity index (χ4v) is 2.61. The summed E-state index contributed by atoms with van der Waals surface area (Å²) in [6.07, 6.45) is 1.90. The molecule has 3 heterocycles. The molecule has 3 aliphatic heterocycles. The van der Waals surface area contributed by atoms with E-state index >= 15 is 0 Å². The zero-order chi connectivity index (χ0) is 12.3. The molecule has 2 bridgehead atoms. The van der Waals surface area contributed by atoms with Crippen LogP contribution in [0, 0.1) is 0 Å². The molecule has 0 unspecified atom stereocenters. The molecule has 2 saturated heterocycles. The van der Waals surface area contributed by atoms with Gasteiger partial charge in [0.2, 0.25) is 5.60 Å². The number of esters is 1. The maximum atomic E-state index is 12.1. The lowest BCUT2D eigenvalue weighted by atomic mass is 9.81. The Morgan fingerprint density at radius 1 is 1.29 bits per heavy atom. The lowest BCUT2D eigenvalue weighted by Gasteiger charge is -2.44. The summed E-state index contributed by atoms with van der Waals surface area (Å²) in [6.45, 7) is 3.49. The van der Waals surface area contributed by atoms with Crippen molar-refractivity contribution in [2.45, 2.75) is 43.5 Å². The van der Waals surface area contributed by atoms with Gasteiger partial charge in [0.15, 0.2) is 11.9 Å². The maximum absolute atomic E-state index is 12.1. The first-order valence-corrected chi connectivity index (χ1v) is 5.46. The Bertz CT molecular complexity index is 389. The molecule has 6 heteroatoms. The number of rotatable bonds is 1. The van der Waals surface area contributed by atoms with Gasteiger partial charge in [-0.1, -0.05) is 12.2 Å². The largest absolute Gasteiger partial charge is 0.467 e. The van der Waals surface area contributed by atoms with Crippen LogP contribution >= 0.6 is 0 Å². The van der Waals surface area contributed by atoms with E-state index in [1.54, 1.807) is 19.9 Å². The van der Waals surface area contributed by atoms with E-state index in [0.29, 0.717) is 0 Å². The fourth-order valence-electron chi connectivity index (χ4n) is 2.61. The smallest absolute Gasteiger partial charge is 0.344 e. The third kappa shape index (κ3) is 1.32. The zero-order valence-corrected chi connectivity index (χ0v) is 9.84. The summed E-state index contributed by atoms with van der Waals surface area (Å²) in [5.74, 6) is -1.38. The quantitative estimate of drug-likeness (QED) is 0.375. The highest BCUT2D eigenvalue weighted by molar-refractivity contribution is 5.83. The number of fused-ring (bicyclic) bond motifs is 1. The number of carbonyl (C=O) groups excluding carboxylic acids is 1. The van der Waals surface area contributed by atoms with Crippen molar-refractivity contribution in [1.82, 2.24) is 0 Å². The van der Waals surface area contributed by atoms with Crippen molar-refractivity contribution in [1.29, 1.82) is 0 Å². The van der Waals surface area contributed by atoms with Gasteiger partial charge in [-0.05, 0) is 13.8 Å². The second-order valence-corrected chi connectivity index (χ2v) is 4.79. The Kier molecular flexibility index (Phi) is 2.16. The minimum absolute atomic E-state index is 0.458. The molecule has 94 valence electrons. The molecule has 17 heavy (non-hydrogen) atoms. The van der Waals surface area contributed by atoms with Gasteiger partial charge < -0.3 is 14.2 Å². The van der Waals surface area contributed by atoms with Crippen molar-refractivity contribution in [3.05, 3.63) is 12.2 Å². The Morgan fingerprint density at radius 2 is 2.06 bits per heavy atom. The monoisotopic (exact) mass is 242 g/mol. The first-order chi connectivity index (χ1) is 7.99. The van der Waals surface area contributed by atoms with E-state index in [9.17, 15) is 4.79 Å². The van der Waals surface area contributed by atoms with Crippen molar-refractivity contribution in [3.8, 4) is 0 Å². The highest BCUT2D eigenvalue weighted by Crippen LogP contribution is 2.48. The molecule has 0 amide bonds. The Labute approximate surface area is 98.3 Å². The standard InChI is InChI=1S/C11H14O6/c1-10(2)14-8-6-4-5-7(16-15-6)11(8,17-10)9(12)13-3/h4-8H,1-3H3/t6-,7+,8+,11-/m0/s1. The minimum atomic E-state index is -1.27. The van der Waals surface area contributed by atoms with E-state index in [1.807, 2.05) is 6.08 Å². The lowest BCUT2D eigenvalue weighted by Crippen LogP contribution is -2.66. The van der Waals surface area contributed by atoms with Crippen LogP contribution in [-0.4, -0.2) is 42.8 Å². The van der Waals surface area contributed by atoms with Crippen LogP contribution in [0.25, 0.3) is 0 Å². The van der Waals surface area contributed by atoms with Crippen LogP contribution in [-0.2, 0) is 28.8 Å². The van der Waals surface area contributed by atoms with Gasteiger partial charge in [-0.3, -0.25) is 0 Å². The second-order valence-electron chi connectivity index (χ2n) is 4.79. The van der Waals surface area contributed by atoms with Gasteiger partial charge >= 0.3 is 5.97 Å². The third-order valence-corrected chi connectivity index (χ3v) is 3.22. The third-order valence-electron chi connectivity index (χ3n) is 3.22. The molecule has 4 rings (SSSR count). The average molecular weight is 242 g/mol. The van der Waals surface area contributed by atoms with Crippen LogP contribution in [0.5, 0.6) is 0 Å². The van der Waals surface area contributed by atoms with Crippen LogP contribution in [0.1, 0.15) is 13.8 Å². The molecule has 0 saturated carbocycles. The number of hydrogen-bond acceptors (Lipinski definition) is 6. The molecule has 6 nitrogen and oxygen atoms in total. The van der Waals surface area contributed by atoms with Crippen molar-refractivity contribution in [2.24, 2.45) is 0 Å². The van der Waals surface area contributed by atoms with E-state index in [0.717, 1.165) is 0 Å². The van der Waals surface area contributed by atoms with Crippen LogP contribution in [0.4, 0.5) is 0 Å². The van der Waals surface area contributed by atoms with Crippen molar-refractivity contribution in [2.75, 3.05) is 7.11 Å². The van der Waals surface area contributed by atoms with Gasteiger partial charge in [-0.15, -0.1) is 0 Å². The molecular weight excluding hydrogens is 228 g/mol. The molecular formula is C11H14O6. The van der Waals surface area contributed by atoms with Gasteiger partial charge in [0.25, 0.3) is 0 Å². The summed E-state index contributed by atoms with van der Waals surface area (Å²) in [4.78, 5) is 22.3. The molecule has 2 fully saturated rings. The molecule has 4 aliphatic rings. The van der Waals surface area contributed by atoms with Crippen LogP contribution in [0.15, 0.2) is 12.2 Å². The second kappa shape index (κ2) is 3.29. The highest BCUT2D eigenvalue weighted by atomic mass is 17.2. The average Bonchev–Trinajstić information content (AvgIpc) is 2.63. The SMILES string of the molecule is COC(=O)[C@@]12OC(C)(C)O[C@@H]1[C@@H]1C=C[C@H]2OO1. The van der Waals surface area contributed by atoms with Crippen LogP contribution in [0.2, 0.25) is 0 Å². The van der Waals surface area contributed by atoms with E-state index < -0.39 is 35.7 Å². The van der Waals surface area contributed by atoms with E-state index in [2.05, 4.69) is 0 Å². The van der Waals surface area contributed by atoms with Crippen molar-refractivity contribution in [3.63, 3.8) is 0 Å².